The first-order valence-electron chi connectivity index (χ1n) is 10.5. The number of aromatic hydroxyl groups is 1. The van der Waals surface area contributed by atoms with Crippen LogP contribution in [0.25, 0.3) is 0 Å². The van der Waals surface area contributed by atoms with E-state index in [4.69, 9.17) is 9.47 Å². The average molecular weight is 384 g/mol. The summed E-state index contributed by atoms with van der Waals surface area (Å²) in [5.41, 5.74) is 1.48. The van der Waals surface area contributed by atoms with E-state index < -0.39 is 0 Å². The first-order chi connectivity index (χ1) is 13.7. The molecule has 152 valence electrons. The van der Waals surface area contributed by atoms with Crippen molar-refractivity contribution in [3.8, 4) is 17.2 Å². The molecule has 4 nitrogen and oxygen atoms in total. The first-order valence-corrected chi connectivity index (χ1v) is 10.5. The third-order valence-corrected chi connectivity index (χ3v) is 4.47. The van der Waals surface area contributed by atoms with Gasteiger partial charge in [0.05, 0.1) is 18.9 Å². The van der Waals surface area contributed by atoms with Gasteiger partial charge in [-0.15, -0.1) is 0 Å². The topological polar surface area (TPSA) is 51.0 Å². The number of nitrogens with zero attached hydrogens (tertiary/aromatic N) is 1. The van der Waals surface area contributed by atoms with Gasteiger partial charge in [0.25, 0.3) is 0 Å². The van der Waals surface area contributed by atoms with Crippen molar-refractivity contribution in [2.45, 2.75) is 58.8 Å². The zero-order valence-corrected chi connectivity index (χ0v) is 17.2. The van der Waals surface area contributed by atoms with Crippen LogP contribution in [0.2, 0.25) is 0 Å². The van der Waals surface area contributed by atoms with E-state index in [0.29, 0.717) is 17.9 Å². The fourth-order valence-corrected chi connectivity index (χ4v) is 2.76. The lowest BCUT2D eigenvalue weighted by atomic mass is 10.2. The van der Waals surface area contributed by atoms with Gasteiger partial charge in [0.1, 0.15) is 17.2 Å². The molecule has 1 N–H and O–H groups in total. The predicted octanol–water partition coefficient (Wildman–Crippen LogP) is 6.67. The fourth-order valence-electron chi connectivity index (χ4n) is 2.76. The number of benzene rings is 2. The van der Waals surface area contributed by atoms with Crippen molar-refractivity contribution in [2.75, 3.05) is 13.2 Å². The van der Waals surface area contributed by atoms with Crippen LogP contribution in [0.4, 0.5) is 5.69 Å². The Hall–Kier alpha value is -2.49. The van der Waals surface area contributed by atoms with Crippen molar-refractivity contribution in [1.82, 2.24) is 0 Å². The molecule has 0 heterocycles. The Morgan fingerprint density at radius 3 is 2.07 bits per heavy atom. The van der Waals surface area contributed by atoms with Gasteiger partial charge >= 0.3 is 0 Å². The second kappa shape index (κ2) is 12.8. The van der Waals surface area contributed by atoms with E-state index in [9.17, 15) is 5.11 Å². The molecule has 0 saturated heterocycles. The summed E-state index contributed by atoms with van der Waals surface area (Å²) in [6.45, 7) is 5.80. The molecule has 0 bridgehead atoms. The van der Waals surface area contributed by atoms with E-state index >= 15 is 0 Å². The van der Waals surface area contributed by atoms with Gasteiger partial charge in [-0.05, 0) is 49.2 Å². The van der Waals surface area contributed by atoms with Gasteiger partial charge in [-0.3, -0.25) is 4.99 Å². The van der Waals surface area contributed by atoms with E-state index in [1.165, 1.54) is 32.1 Å². The Morgan fingerprint density at radius 2 is 1.39 bits per heavy atom. The molecular weight excluding hydrogens is 350 g/mol. The van der Waals surface area contributed by atoms with E-state index in [1.807, 2.05) is 36.4 Å². The Bertz CT molecular complexity index is 710. The van der Waals surface area contributed by atoms with Gasteiger partial charge in [0.2, 0.25) is 0 Å². The van der Waals surface area contributed by atoms with Crippen molar-refractivity contribution in [3.63, 3.8) is 0 Å². The number of aliphatic imine (C=N–C) groups is 1. The van der Waals surface area contributed by atoms with Crippen LogP contribution in [0.15, 0.2) is 47.5 Å². The number of rotatable bonds is 13. The van der Waals surface area contributed by atoms with Crippen LogP contribution in [0.3, 0.4) is 0 Å². The SMILES string of the molecule is CCCCCCOc1ccc(C=Nc2ccc(OCCCCC)cc2)c(O)c1. The molecule has 0 spiro atoms. The second-order valence-electron chi connectivity index (χ2n) is 6.94. The van der Waals surface area contributed by atoms with Gasteiger partial charge in [-0.1, -0.05) is 46.0 Å². The maximum atomic E-state index is 10.2. The Balaban J connectivity index is 1.84. The molecule has 0 aliphatic rings. The lowest BCUT2D eigenvalue weighted by Crippen LogP contribution is -1.97. The second-order valence-corrected chi connectivity index (χ2v) is 6.94. The maximum absolute atomic E-state index is 10.2. The predicted molar refractivity (Wildman–Crippen MR) is 116 cm³/mol. The van der Waals surface area contributed by atoms with Crippen LogP contribution >= 0.6 is 0 Å². The van der Waals surface area contributed by atoms with Gasteiger partial charge in [-0.25, -0.2) is 0 Å². The number of hydrogen-bond donors (Lipinski definition) is 1. The molecule has 4 heteroatoms. The minimum absolute atomic E-state index is 0.172. The highest BCUT2D eigenvalue weighted by molar-refractivity contribution is 5.85. The number of phenolic OH excluding ortho intramolecular Hbond substituents is 1. The highest BCUT2D eigenvalue weighted by atomic mass is 16.5. The van der Waals surface area contributed by atoms with Gasteiger partial charge in [0.15, 0.2) is 0 Å². The minimum atomic E-state index is 0.172. The zero-order valence-electron chi connectivity index (χ0n) is 17.2. The Morgan fingerprint density at radius 1 is 0.786 bits per heavy atom. The fraction of sp³-hybridized carbons (Fsp3) is 0.458. The lowest BCUT2D eigenvalue weighted by Gasteiger charge is -2.07. The zero-order chi connectivity index (χ0) is 20.0. The van der Waals surface area contributed by atoms with Crippen molar-refractivity contribution >= 4 is 11.9 Å². The van der Waals surface area contributed by atoms with E-state index in [-0.39, 0.29) is 5.75 Å². The van der Waals surface area contributed by atoms with Crippen molar-refractivity contribution in [1.29, 1.82) is 0 Å². The van der Waals surface area contributed by atoms with Crippen molar-refractivity contribution < 1.29 is 14.6 Å². The molecule has 0 atom stereocenters. The third kappa shape index (κ3) is 8.03. The van der Waals surface area contributed by atoms with Crippen LogP contribution in [0.5, 0.6) is 17.2 Å². The molecule has 0 saturated carbocycles. The first kappa shape index (κ1) is 21.8. The molecule has 2 rings (SSSR count). The van der Waals surface area contributed by atoms with Crippen LogP contribution in [-0.4, -0.2) is 24.5 Å². The van der Waals surface area contributed by atoms with Gasteiger partial charge in [0, 0.05) is 17.8 Å². The van der Waals surface area contributed by atoms with Gasteiger partial charge < -0.3 is 14.6 Å². The standard InChI is InChI=1S/C24H33NO3/c1-3-5-7-9-17-28-23-13-10-20(24(26)18-23)19-25-21-11-14-22(15-12-21)27-16-8-6-4-2/h10-15,18-19,26H,3-9,16-17H2,1-2H3. The summed E-state index contributed by atoms with van der Waals surface area (Å²) in [6, 6.07) is 13.0. The molecule has 0 unspecified atom stereocenters. The molecule has 0 aliphatic carbocycles. The number of ether oxygens (including phenoxy) is 2. The molecule has 0 aliphatic heterocycles. The summed E-state index contributed by atoms with van der Waals surface area (Å²) < 4.78 is 11.4. The molecular formula is C24H33NO3. The van der Waals surface area contributed by atoms with Crippen LogP contribution in [0, 0.1) is 0 Å². The molecule has 0 radical (unpaired) electrons. The largest absolute Gasteiger partial charge is 0.507 e. The molecule has 0 fully saturated rings. The summed E-state index contributed by atoms with van der Waals surface area (Å²) >= 11 is 0. The highest BCUT2D eigenvalue weighted by Gasteiger charge is 2.02. The van der Waals surface area contributed by atoms with Crippen LogP contribution in [0.1, 0.15) is 64.4 Å². The number of phenols is 1. The van der Waals surface area contributed by atoms with E-state index in [0.717, 1.165) is 30.9 Å². The van der Waals surface area contributed by atoms with Crippen molar-refractivity contribution in [2.24, 2.45) is 4.99 Å². The average Bonchev–Trinajstić information content (AvgIpc) is 2.71. The van der Waals surface area contributed by atoms with Gasteiger partial charge in [-0.2, -0.15) is 0 Å². The normalized spacial score (nSPS) is 11.1. The lowest BCUT2D eigenvalue weighted by molar-refractivity contribution is 0.303. The van der Waals surface area contributed by atoms with E-state index in [1.54, 1.807) is 12.3 Å². The Kier molecular flexibility index (Phi) is 9.98. The summed E-state index contributed by atoms with van der Waals surface area (Å²) in [5, 5.41) is 10.2. The quantitative estimate of drug-likeness (QED) is 0.310. The molecule has 0 amide bonds. The summed E-state index contributed by atoms with van der Waals surface area (Å²) in [7, 11) is 0. The van der Waals surface area contributed by atoms with Crippen LogP contribution in [-0.2, 0) is 0 Å². The summed E-state index contributed by atoms with van der Waals surface area (Å²) in [4.78, 5) is 4.43. The molecule has 2 aromatic rings. The maximum Gasteiger partial charge on any atom is 0.128 e. The summed E-state index contributed by atoms with van der Waals surface area (Å²) in [5.74, 6) is 1.72. The minimum Gasteiger partial charge on any atom is -0.507 e. The molecule has 28 heavy (non-hydrogen) atoms. The van der Waals surface area contributed by atoms with Crippen molar-refractivity contribution in [3.05, 3.63) is 48.0 Å². The third-order valence-electron chi connectivity index (χ3n) is 4.47. The molecule has 0 aromatic heterocycles. The highest BCUT2D eigenvalue weighted by Crippen LogP contribution is 2.24. The monoisotopic (exact) mass is 383 g/mol. The Labute approximate surface area is 169 Å². The smallest absolute Gasteiger partial charge is 0.128 e. The number of hydrogen-bond acceptors (Lipinski definition) is 4. The summed E-state index contributed by atoms with van der Waals surface area (Å²) in [6.07, 6.45) is 9.78. The van der Waals surface area contributed by atoms with E-state index in [2.05, 4.69) is 18.8 Å². The molecule has 2 aromatic carbocycles. The van der Waals surface area contributed by atoms with Crippen LogP contribution < -0.4 is 9.47 Å². The number of unbranched alkanes of at least 4 members (excludes halogenated alkanes) is 5.